The normalized spacial score (nSPS) is 11.8. The van der Waals surface area contributed by atoms with Crippen LogP contribution >= 0.6 is 22.7 Å². The standard InChI is InChI=1S/C17H12N2O3S3/c20-17-12(8-11-4-1-2-5-13(11)19-17)14-9-24-15(18-14)10-25(21,22)16-6-3-7-23-16/h1-9H,10H2,(H,19,20). The Morgan fingerprint density at radius 1 is 1.08 bits per heavy atom. The molecule has 0 amide bonds. The van der Waals surface area contributed by atoms with Crippen molar-refractivity contribution >= 4 is 43.4 Å². The Labute approximate surface area is 151 Å². The molecule has 0 aliphatic rings. The summed E-state index contributed by atoms with van der Waals surface area (Å²) < 4.78 is 25.0. The smallest absolute Gasteiger partial charge is 0.257 e. The highest BCUT2D eigenvalue weighted by Gasteiger charge is 2.19. The number of thiazole rings is 1. The van der Waals surface area contributed by atoms with Gasteiger partial charge in [-0.05, 0) is 29.0 Å². The first-order valence-electron chi connectivity index (χ1n) is 7.36. The third kappa shape index (κ3) is 3.15. The maximum atomic E-state index is 12.4. The molecule has 1 aromatic carbocycles. The van der Waals surface area contributed by atoms with Crippen molar-refractivity contribution in [3.63, 3.8) is 0 Å². The topological polar surface area (TPSA) is 79.9 Å². The number of nitrogens with one attached hydrogen (secondary N) is 1. The van der Waals surface area contributed by atoms with Crippen molar-refractivity contribution in [3.05, 3.63) is 68.6 Å². The number of nitrogens with zero attached hydrogens (tertiary/aromatic N) is 1. The second kappa shape index (κ2) is 6.21. The average Bonchev–Trinajstić information content (AvgIpc) is 3.26. The Morgan fingerprint density at radius 3 is 2.72 bits per heavy atom. The molecule has 0 aliphatic carbocycles. The Kier molecular flexibility index (Phi) is 4.03. The molecule has 3 aromatic heterocycles. The summed E-state index contributed by atoms with van der Waals surface area (Å²) >= 11 is 2.43. The number of thiophene rings is 1. The Balaban J connectivity index is 1.70. The molecular formula is C17H12N2O3S3. The van der Waals surface area contributed by atoms with Gasteiger partial charge in [-0.15, -0.1) is 22.7 Å². The summed E-state index contributed by atoms with van der Waals surface area (Å²) in [4.78, 5) is 19.5. The molecule has 0 saturated heterocycles. The number of benzene rings is 1. The summed E-state index contributed by atoms with van der Waals surface area (Å²) in [5, 5.41) is 4.82. The summed E-state index contributed by atoms with van der Waals surface area (Å²) in [7, 11) is -3.40. The van der Waals surface area contributed by atoms with Gasteiger partial charge in [-0.25, -0.2) is 13.4 Å². The maximum absolute atomic E-state index is 12.4. The second-order valence-corrected chi connectivity index (χ2v) is 9.52. The number of para-hydroxylation sites is 1. The Bertz CT molecular complexity index is 1210. The van der Waals surface area contributed by atoms with E-state index in [1.807, 2.05) is 24.3 Å². The van der Waals surface area contributed by atoms with Gasteiger partial charge in [-0.3, -0.25) is 4.79 Å². The summed E-state index contributed by atoms with van der Waals surface area (Å²) in [6.07, 6.45) is 0. The molecule has 5 nitrogen and oxygen atoms in total. The number of hydrogen-bond donors (Lipinski definition) is 1. The molecule has 0 spiro atoms. The lowest BCUT2D eigenvalue weighted by Gasteiger charge is -2.01. The molecule has 3 heterocycles. The zero-order valence-electron chi connectivity index (χ0n) is 12.8. The molecule has 0 bridgehead atoms. The molecule has 0 unspecified atom stereocenters. The molecule has 4 rings (SSSR count). The molecule has 0 aliphatic heterocycles. The number of aromatic amines is 1. The second-order valence-electron chi connectivity index (χ2n) is 5.42. The van der Waals surface area contributed by atoms with Gasteiger partial charge in [-0.2, -0.15) is 0 Å². The first-order chi connectivity index (χ1) is 12.0. The van der Waals surface area contributed by atoms with E-state index in [9.17, 15) is 13.2 Å². The third-order valence-corrected chi connectivity index (χ3v) is 7.84. The van der Waals surface area contributed by atoms with Crippen molar-refractivity contribution in [1.29, 1.82) is 0 Å². The molecule has 0 fully saturated rings. The average molecular weight is 388 g/mol. The minimum atomic E-state index is -3.40. The predicted octanol–water partition coefficient (Wildman–Crippen LogP) is 3.69. The van der Waals surface area contributed by atoms with E-state index in [-0.39, 0.29) is 11.3 Å². The molecular weight excluding hydrogens is 376 g/mol. The minimum absolute atomic E-state index is 0.163. The highest BCUT2D eigenvalue weighted by molar-refractivity contribution is 7.92. The van der Waals surface area contributed by atoms with Crippen LogP contribution in [-0.4, -0.2) is 18.4 Å². The van der Waals surface area contributed by atoms with Gasteiger partial charge >= 0.3 is 0 Å². The van der Waals surface area contributed by atoms with E-state index >= 15 is 0 Å². The number of fused-ring (bicyclic) bond motifs is 1. The van der Waals surface area contributed by atoms with Crippen LogP contribution in [0.3, 0.4) is 0 Å². The van der Waals surface area contributed by atoms with E-state index in [0.717, 1.165) is 10.9 Å². The number of aromatic nitrogens is 2. The Morgan fingerprint density at radius 2 is 1.92 bits per heavy atom. The quantitative estimate of drug-likeness (QED) is 0.578. The maximum Gasteiger partial charge on any atom is 0.257 e. The van der Waals surface area contributed by atoms with E-state index in [1.54, 1.807) is 29.0 Å². The van der Waals surface area contributed by atoms with Crippen LogP contribution in [-0.2, 0) is 15.6 Å². The highest BCUT2D eigenvalue weighted by atomic mass is 32.2. The lowest BCUT2D eigenvalue weighted by atomic mass is 10.1. The fourth-order valence-electron chi connectivity index (χ4n) is 2.51. The van der Waals surface area contributed by atoms with Gasteiger partial charge in [-0.1, -0.05) is 24.3 Å². The van der Waals surface area contributed by atoms with Crippen LogP contribution in [0.5, 0.6) is 0 Å². The fraction of sp³-hybridized carbons (Fsp3) is 0.0588. The van der Waals surface area contributed by atoms with Gasteiger partial charge in [0.05, 0.1) is 11.3 Å². The van der Waals surface area contributed by atoms with Crippen LogP contribution in [0.2, 0.25) is 0 Å². The summed E-state index contributed by atoms with van der Waals surface area (Å²) in [6.45, 7) is 0. The molecule has 0 atom stereocenters. The SMILES string of the molecule is O=c1[nH]c2ccccc2cc1-c1csc(CS(=O)(=O)c2cccs2)n1. The van der Waals surface area contributed by atoms with Gasteiger partial charge in [0.2, 0.25) is 0 Å². The zero-order valence-corrected chi connectivity index (χ0v) is 15.2. The highest BCUT2D eigenvalue weighted by Crippen LogP contribution is 2.26. The van der Waals surface area contributed by atoms with Gasteiger partial charge in [0.15, 0.2) is 9.84 Å². The van der Waals surface area contributed by atoms with Crippen LogP contribution < -0.4 is 5.56 Å². The largest absolute Gasteiger partial charge is 0.321 e. The lowest BCUT2D eigenvalue weighted by Crippen LogP contribution is -2.09. The third-order valence-electron chi connectivity index (χ3n) is 3.70. The van der Waals surface area contributed by atoms with Crippen LogP contribution in [0.4, 0.5) is 0 Å². The van der Waals surface area contributed by atoms with E-state index in [4.69, 9.17) is 0 Å². The molecule has 4 aromatic rings. The van der Waals surface area contributed by atoms with Crippen LogP contribution in [0.25, 0.3) is 22.2 Å². The number of rotatable bonds is 4. The zero-order chi connectivity index (χ0) is 17.4. The van der Waals surface area contributed by atoms with Crippen molar-refractivity contribution in [2.75, 3.05) is 0 Å². The van der Waals surface area contributed by atoms with Gasteiger partial charge < -0.3 is 4.98 Å². The summed E-state index contributed by atoms with van der Waals surface area (Å²) in [5.74, 6) is -0.163. The van der Waals surface area contributed by atoms with Crippen LogP contribution in [0.15, 0.2) is 62.2 Å². The number of H-pyrrole nitrogens is 1. The van der Waals surface area contributed by atoms with Crippen molar-refractivity contribution in [2.24, 2.45) is 0 Å². The lowest BCUT2D eigenvalue weighted by molar-refractivity contribution is 0.597. The molecule has 0 saturated carbocycles. The number of sulfone groups is 1. The van der Waals surface area contributed by atoms with Crippen molar-refractivity contribution in [3.8, 4) is 11.3 Å². The number of hydrogen-bond acceptors (Lipinski definition) is 6. The summed E-state index contributed by atoms with van der Waals surface area (Å²) in [5.41, 5.74) is 1.45. The number of pyridine rings is 1. The fourth-order valence-corrected chi connectivity index (χ4v) is 6.02. The molecule has 126 valence electrons. The van der Waals surface area contributed by atoms with Crippen molar-refractivity contribution in [1.82, 2.24) is 9.97 Å². The first kappa shape index (κ1) is 16.2. The van der Waals surface area contributed by atoms with Gasteiger partial charge in [0, 0.05) is 10.9 Å². The monoisotopic (exact) mass is 388 g/mol. The van der Waals surface area contributed by atoms with Crippen molar-refractivity contribution < 1.29 is 8.42 Å². The van der Waals surface area contributed by atoms with Crippen molar-refractivity contribution in [2.45, 2.75) is 9.96 Å². The van der Waals surface area contributed by atoms with Gasteiger partial charge in [0.25, 0.3) is 5.56 Å². The first-order valence-corrected chi connectivity index (χ1v) is 10.8. The Hall–Kier alpha value is -2.29. The molecule has 25 heavy (non-hydrogen) atoms. The van der Waals surface area contributed by atoms with E-state index < -0.39 is 9.84 Å². The summed E-state index contributed by atoms with van der Waals surface area (Å²) in [6, 6.07) is 12.6. The van der Waals surface area contributed by atoms with E-state index in [0.29, 0.717) is 20.5 Å². The van der Waals surface area contributed by atoms with Gasteiger partial charge in [0.1, 0.15) is 15.0 Å². The van der Waals surface area contributed by atoms with Crippen LogP contribution in [0.1, 0.15) is 5.01 Å². The van der Waals surface area contributed by atoms with Crippen LogP contribution in [0, 0.1) is 0 Å². The minimum Gasteiger partial charge on any atom is -0.321 e. The van der Waals surface area contributed by atoms with E-state index in [1.165, 1.54) is 22.7 Å². The molecule has 8 heteroatoms. The predicted molar refractivity (Wildman–Crippen MR) is 101 cm³/mol. The molecule has 1 N–H and O–H groups in total. The molecule has 0 radical (unpaired) electrons. The van der Waals surface area contributed by atoms with E-state index in [2.05, 4.69) is 9.97 Å².